The van der Waals surface area contributed by atoms with Gasteiger partial charge in [0.05, 0.1) is 10.8 Å². The lowest BCUT2D eigenvalue weighted by molar-refractivity contribution is -0.147. The topological polar surface area (TPSA) is 53.4 Å². The summed E-state index contributed by atoms with van der Waals surface area (Å²) in [5.41, 5.74) is 4.87. The fourth-order valence-electron chi connectivity index (χ4n) is 3.44. The summed E-state index contributed by atoms with van der Waals surface area (Å²) in [5, 5.41) is 9.99. The number of thiazole rings is 1. The van der Waals surface area contributed by atoms with E-state index in [0.717, 1.165) is 17.1 Å². The Labute approximate surface area is 181 Å². The molecule has 29 heavy (non-hydrogen) atoms. The minimum atomic E-state index is -0.690. The third-order valence-corrected chi connectivity index (χ3v) is 6.38. The number of aliphatic carboxylic acids is 1. The molecule has 1 saturated heterocycles. The van der Waals surface area contributed by atoms with E-state index in [-0.39, 0.29) is 18.3 Å². The van der Waals surface area contributed by atoms with Crippen LogP contribution in [0.5, 0.6) is 0 Å². The zero-order chi connectivity index (χ0) is 19.7. The lowest BCUT2D eigenvalue weighted by atomic mass is 9.99. The van der Waals surface area contributed by atoms with Crippen molar-refractivity contribution in [2.45, 2.75) is 26.3 Å². The van der Waals surface area contributed by atoms with E-state index in [0.29, 0.717) is 19.0 Å². The lowest BCUT2D eigenvalue weighted by Crippen LogP contribution is -2.49. The highest BCUT2D eigenvalue weighted by molar-refractivity contribution is 7.18. The fraction of sp³-hybridized carbons (Fsp3) is 0.304. The number of likely N-dealkylation sites (tertiary alicyclic amines) is 1. The zero-order valence-electron chi connectivity index (χ0n) is 16.5. The monoisotopic (exact) mass is 428 g/mol. The molecule has 2 aromatic carbocycles. The molecule has 1 aromatic heterocycles. The minimum absolute atomic E-state index is 0. The summed E-state index contributed by atoms with van der Waals surface area (Å²) in [6.45, 7) is 6.49. The van der Waals surface area contributed by atoms with Gasteiger partial charge in [0.15, 0.2) is 0 Å². The zero-order valence-corrected chi connectivity index (χ0v) is 18.2. The van der Waals surface area contributed by atoms with Crippen molar-refractivity contribution >= 4 is 29.7 Å². The molecular weight excluding hydrogens is 404 g/mol. The first kappa shape index (κ1) is 21.5. The third-order valence-electron chi connectivity index (χ3n) is 5.28. The van der Waals surface area contributed by atoms with E-state index in [4.69, 9.17) is 5.11 Å². The van der Waals surface area contributed by atoms with Crippen LogP contribution in [0.15, 0.2) is 54.7 Å². The Hall–Kier alpha value is -2.21. The van der Waals surface area contributed by atoms with E-state index in [2.05, 4.69) is 72.3 Å². The maximum atomic E-state index is 10.9. The molecule has 1 N–H and O–H groups in total. The van der Waals surface area contributed by atoms with Gasteiger partial charge in [-0.1, -0.05) is 62.4 Å². The van der Waals surface area contributed by atoms with Gasteiger partial charge in [-0.3, -0.25) is 9.69 Å². The van der Waals surface area contributed by atoms with Gasteiger partial charge in [0.2, 0.25) is 0 Å². The van der Waals surface area contributed by atoms with Crippen LogP contribution in [0.1, 0.15) is 30.9 Å². The molecule has 6 heteroatoms. The van der Waals surface area contributed by atoms with Gasteiger partial charge in [0, 0.05) is 31.4 Å². The molecule has 1 aliphatic heterocycles. The van der Waals surface area contributed by atoms with E-state index in [1.54, 1.807) is 11.3 Å². The number of aromatic nitrogens is 1. The highest BCUT2D eigenvalue weighted by atomic mass is 35.5. The van der Waals surface area contributed by atoms with Crippen LogP contribution in [0.25, 0.3) is 21.0 Å². The van der Waals surface area contributed by atoms with Gasteiger partial charge < -0.3 is 5.11 Å². The average Bonchev–Trinajstić information content (AvgIpc) is 3.14. The predicted octanol–water partition coefficient (Wildman–Crippen LogP) is 5.54. The van der Waals surface area contributed by atoms with Crippen molar-refractivity contribution in [3.05, 3.63) is 65.9 Å². The number of hydrogen-bond acceptors (Lipinski definition) is 4. The molecule has 0 aliphatic carbocycles. The molecule has 1 fully saturated rings. The van der Waals surface area contributed by atoms with Crippen LogP contribution in [0.4, 0.5) is 0 Å². The summed E-state index contributed by atoms with van der Waals surface area (Å²) >= 11 is 1.71. The molecule has 152 valence electrons. The number of carboxylic acid groups (broad SMARTS) is 1. The standard InChI is InChI=1S/C23H24N2O2S.ClH/c1-15(2)17-7-9-18(10-8-17)21-11-24-22(28-21)19-5-3-16(4-6-19)12-25-13-20(14-25)23(26)27;/h3-11,15,20H,12-14H2,1-2H3,(H,26,27);1H. The maximum absolute atomic E-state index is 10.9. The molecule has 0 spiro atoms. The van der Waals surface area contributed by atoms with Gasteiger partial charge in [0.25, 0.3) is 0 Å². The van der Waals surface area contributed by atoms with E-state index >= 15 is 0 Å². The Morgan fingerprint density at radius 2 is 1.72 bits per heavy atom. The summed E-state index contributed by atoms with van der Waals surface area (Å²) in [7, 11) is 0. The fourth-order valence-corrected chi connectivity index (χ4v) is 4.37. The first-order valence-electron chi connectivity index (χ1n) is 9.60. The van der Waals surface area contributed by atoms with Crippen molar-refractivity contribution in [3.63, 3.8) is 0 Å². The van der Waals surface area contributed by atoms with Crippen LogP contribution >= 0.6 is 23.7 Å². The summed E-state index contributed by atoms with van der Waals surface area (Å²) in [4.78, 5) is 18.8. The average molecular weight is 429 g/mol. The van der Waals surface area contributed by atoms with Gasteiger partial charge in [0.1, 0.15) is 5.01 Å². The Balaban J connectivity index is 0.00000240. The van der Waals surface area contributed by atoms with E-state index < -0.39 is 5.97 Å². The number of hydrogen-bond donors (Lipinski definition) is 1. The van der Waals surface area contributed by atoms with Crippen molar-refractivity contribution in [2.24, 2.45) is 5.92 Å². The van der Waals surface area contributed by atoms with Gasteiger partial charge in [-0.15, -0.1) is 23.7 Å². The van der Waals surface area contributed by atoms with Gasteiger partial charge in [-0.2, -0.15) is 0 Å². The van der Waals surface area contributed by atoms with Gasteiger partial charge in [-0.05, 0) is 22.6 Å². The molecule has 0 radical (unpaired) electrons. The predicted molar refractivity (Wildman–Crippen MR) is 121 cm³/mol. The van der Waals surface area contributed by atoms with Crippen molar-refractivity contribution < 1.29 is 9.90 Å². The number of carboxylic acids is 1. The molecule has 0 saturated carbocycles. The molecule has 0 unspecified atom stereocenters. The highest BCUT2D eigenvalue weighted by Gasteiger charge is 2.32. The van der Waals surface area contributed by atoms with Crippen LogP contribution in [-0.4, -0.2) is 34.0 Å². The maximum Gasteiger partial charge on any atom is 0.309 e. The van der Waals surface area contributed by atoms with Crippen molar-refractivity contribution in [2.75, 3.05) is 13.1 Å². The molecule has 2 heterocycles. The van der Waals surface area contributed by atoms with Crippen molar-refractivity contribution in [1.82, 2.24) is 9.88 Å². The lowest BCUT2D eigenvalue weighted by Gasteiger charge is -2.36. The molecule has 3 aromatic rings. The van der Waals surface area contributed by atoms with Crippen LogP contribution < -0.4 is 0 Å². The summed E-state index contributed by atoms with van der Waals surface area (Å²) in [5.74, 6) is -0.358. The van der Waals surface area contributed by atoms with Crippen LogP contribution in [0.2, 0.25) is 0 Å². The number of benzene rings is 2. The second kappa shape index (κ2) is 9.08. The molecule has 0 bridgehead atoms. The first-order valence-corrected chi connectivity index (χ1v) is 10.4. The Bertz CT molecular complexity index is 961. The van der Waals surface area contributed by atoms with Crippen molar-refractivity contribution in [3.8, 4) is 21.0 Å². The normalized spacial score (nSPS) is 14.4. The molecule has 0 amide bonds. The van der Waals surface area contributed by atoms with Crippen LogP contribution in [-0.2, 0) is 11.3 Å². The van der Waals surface area contributed by atoms with Gasteiger partial charge in [-0.25, -0.2) is 4.98 Å². The number of rotatable bonds is 6. The number of carbonyl (C=O) groups is 1. The Morgan fingerprint density at radius 1 is 1.10 bits per heavy atom. The van der Waals surface area contributed by atoms with Crippen LogP contribution in [0.3, 0.4) is 0 Å². The SMILES string of the molecule is CC(C)c1ccc(-c2cnc(-c3ccc(CN4CC(C(=O)O)C4)cc3)s2)cc1.Cl. The minimum Gasteiger partial charge on any atom is -0.481 e. The van der Waals surface area contributed by atoms with E-state index in [1.807, 2.05) is 6.20 Å². The second-order valence-corrected chi connectivity index (χ2v) is 8.76. The summed E-state index contributed by atoms with van der Waals surface area (Å²) < 4.78 is 0. The number of halogens is 1. The van der Waals surface area contributed by atoms with Gasteiger partial charge >= 0.3 is 5.97 Å². The quantitative estimate of drug-likeness (QED) is 0.560. The molecule has 4 rings (SSSR count). The van der Waals surface area contributed by atoms with E-state index in [9.17, 15) is 4.79 Å². The third kappa shape index (κ3) is 4.86. The Kier molecular flexibility index (Phi) is 6.73. The summed E-state index contributed by atoms with van der Waals surface area (Å²) in [6, 6.07) is 17.2. The highest BCUT2D eigenvalue weighted by Crippen LogP contribution is 2.33. The molecule has 1 aliphatic rings. The Morgan fingerprint density at radius 3 is 2.31 bits per heavy atom. The second-order valence-electron chi connectivity index (χ2n) is 7.73. The summed E-state index contributed by atoms with van der Waals surface area (Å²) in [6.07, 6.45) is 1.95. The van der Waals surface area contributed by atoms with Crippen molar-refractivity contribution in [1.29, 1.82) is 0 Å². The molecule has 0 atom stereocenters. The smallest absolute Gasteiger partial charge is 0.309 e. The van der Waals surface area contributed by atoms with Crippen LogP contribution in [0, 0.1) is 5.92 Å². The molecular formula is C23H25ClN2O2S. The molecule has 4 nitrogen and oxygen atoms in total. The largest absolute Gasteiger partial charge is 0.481 e. The van der Waals surface area contributed by atoms with E-state index in [1.165, 1.54) is 21.6 Å². The first-order chi connectivity index (χ1) is 13.5. The number of nitrogens with zero attached hydrogens (tertiary/aromatic N) is 2.